The zero-order valence-electron chi connectivity index (χ0n) is 20.8. The molecule has 1 aliphatic rings. The molecular formula is C25H29N9O3. The van der Waals surface area contributed by atoms with Crippen molar-refractivity contribution >= 4 is 29.4 Å². The summed E-state index contributed by atoms with van der Waals surface area (Å²) < 4.78 is 3.60. The Hall–Kier alpha value is -4.48. The van der Waals surface area contributed by atoms with E-state index in [1.54, 1.807) is 17.1 Å². The summed E-state index contributed by atoms with van der Waals surface area (Å²) in [6.45, 7) is 5.63. The number of amides is 2. The molecule has 0 saturated carbocycles. The van der Waals surface area contributed by atoms with Crippen molar-refractivity contribution in [2.24, 2.45) is 5.92 Å². The van der Waals surface area contributed by atoms with Crippen LogP contribution in [0.4, 0.5) is 16.6 Å². The Labute approximate surface area is 213 Å². The first kappa shape index (κ1) is 24.2. The third kappa shape index (κ3) is 4.95. The normalized spacial score (nSPS) is 14.2. The summed E-state index contributed by atoms with van der Waals surface area (Å²) in [7, 11) is 0. The van der Waals surface area contributed by atoms with Gasteiger partial charge in [-0.2, -0.15) is 5.10 Å². The number of rotatable bonds is 7. The van der Waals surface area contributed by atoms with Crippen LogP contribution in [0.15, 0.2) is 43.0 Å². The summed E-state index contributed by atoms with van der Waals surface area (Å²) in [5.74, 6) is 0.735. The zero-order valence-corrected chi connectivity index (χ0v) is 20.8. The van der Waals surface area contributed by atoms with Crippen LogP contribution in [0.2, 0.25) is 0 Å². The second kappa shape index (κ2) is 10.2. The molecule has 0 radical (unpaired) electrons. The summed E-state index contributed by atoms with van der Waals surface area (Å²) in [4.78, 5) is 39.5. The third-order valence-corrected chi connectivity index (χ3v) is 6.50. The topological polar surface area (TPSA) is 143 Å². The lowest BCUT2D eigenvalue weighted by Crippen LogP contribution is -2.37. The van der Waals surface area contributed by atoms with Gasteiger partial charge in [0.05, 0.1) is 17.8 Å². The van der Waals surface area contributed by atoms with Gasteiger partial charge in [0.25, 0.3) is 0 Å². The molecule has 5 heterocycles. The van der Waals surface area contributed by atoms with Crippen LogP contribution in [-0.2, 0) is 11.2 Å². The van der Waals surface area contributed by atoms with Crippen molar-refractivity contribution in [1.82, 2.24) is 34.4 Å². The molecule has 0 aromatic carbocycles. The average Bonchev–Trinajstić information content (AvgIpc) is 3.58. The van der Waals surface area contributed by atoms with E-state index in [-0.39, 0.29) is 11.9 Å². The number of aryl methyl sites for hydroxylation is 1. The Morgan fingerprint density at radius 3 is 2.65 bits per heavy atom. The van der Waals surface area contributed by atoms with Crippen LogP contribution in [0.25, 0.3) is 22.6 Å². The first-order valence-corrected chi connectivity index (χ1v) is 12.4. The van der Waals surface area contributed by atoms with Crippen molar-refractivity contribution in [1.29, 1.82) is 0 Å². The smallest absolute Gasteiger partial charge is 0.320 e. The number of nitrogens with one attached hydrogen (secondary N) is 2. The minimum Gasteiger partial charge on any atom is -0.481 e. The first-order valence-electron chi connectivity index (χ1n) is 12.4. The lowest BCUT2D eigenvalue weighted by atomic mass is 9.97. The zero-order chi connectivity index (χ0) is 25.9. The van der Waals surface area contributed by atoms with Gasteiger partial charge in [0.1, 0.15) is 11.5 Å². The molecule has 1 saturated heterocycles. The van der Waals surface area contributed by atoms with Gasteiger partial charge in [0.15, 0.2) is 5.82 Å². The number of imidazole rings is 1. The predicted molar refractivity (Wildman–Crippen MR) is 138 cm³/mol. The molecule has 4 aromatic rings. The summed E-state index contributed by atoms with van der Waals surface area (Å²) in [6.07, 6.45) is 8.98. The Balaban J connectivity index is 1.52. The SMILES string of the molecule is CCNC(=O)Nc1cn2c(-n3cccn3)cc(-c3cnc(N4CCC(C(=O)O)CC4)nc3CC)cc2n1. The van der Waals surface area contributed by atoms with E-state index in [2.05, 4.69) is 30.6 Å². The van der Waals surface area contributed by atoms with Gasteiger partial charge in [-0.15, -0.1) is 0 Å². The molecule has 12 nitrogen and oxygen atoms in total. The van der Waals surface area contributed by atoms with E-state index in [9.17, 15) is 14.7 Å². The molecule has 0 atom stereocenters. The molecule has 192 valence electrons. The van der Waals surface area contributed by atoms with Crippen molar-refractivity contribution in [3.63, 3.8) is 0 Å². The maximum Gasteiger partial charge on any atom is 0.320 e. The largest absolute Gasteiger partial charge is 0.481 e. The number of carboxylic acids is 1. The van der Waals surface area contributed by atoms with Crippen molar-refractivity contribution in [2.45, 2.75) is 33.1 Å². The molecule has 12 heteroatoms. The highest BCUT2D eigenvalue weighted by Crippen LogP contribution is 2.29. The van der Waals surface area contributed by atoms with Crippen LogP contribution in [0.1, 0.15) is 32.4 Å². The summed E-state index contributed by atoms with van der Waals surface area (Å²) in [6, 6.07) is 5.45. The van der Waals surface area contributed by atoms with E-state index in [0.717, 1.165) is 22.6 Å². The fraction of sp³-hybridized carbons (Fsp3) is 0.360. The number of nitrogens with zero attached hydrogens (tertiary/aromatic N) is 7. The van der Waals surface area contributed by atoms with Gasteiger partial charge in [-0.3, -0.25) is 14.5 Å². The van der Waals surface area contributed by atoms with Crippen LogP contribution in [0, 0.1) is 5.92 Å². The van der Waals surface area contributed by atoms with Crippen molar-refractivity contribution < 1.29 is 14.7 Å². The molecular weight excluding hydrogens is 474 g/mol. The Morgan fingerprint density at radius 2 is 1.97 bits per heavy atom. The Morgan fingerprint density at radius 1 is 1.16 bits per heavy atom. The number of hydrogen-bond acceptors (Lipinski definition) is 7. The van der Waals surface area contributed by atoms with Gasteiger partial charge < -0.3 is 15.3 Å². The monoisotopic (exact) mass is 503 g/mol. The van der Waals surface area contributed by atoms with Gasteiger partial charge in [-0.25, -0.2) is 24.4 Å². The van der Waals surface area contributed by atoms with Gasteiger partial charge in [0, 0.05) is 43.8 Å². The molecule has 37 heavy (non-hydrogen) atoms. The minimum atomic E-state index is -0.739. The van der Waals surface area contributed by atoms with E-state index in [1.807, 2.05) is 48.8 Å². The number of carboxylic acid groups (broad SMARTS) is 1. The van der Waals surface area contributed by atoms with Crippen LogP contribution in [-0.4, -0.2) is 65.9 Å². The number of pyridine rings is 1. The molecule has 4 aromatic heterocycles. The molecule has 0 bridgehead atoms. The van der Waals surface area contributed by atoms with Crippen LogP contribution in [0.3, 0.4) is 0 Å². The molecule has 1 fully saturated rings. The second-order valence-electron chi connectivity index (χ2n) is 8.88. The number of aromatic nitrogens is 6. The lowest BCUT2D eigenvalue weighted by molar-refractivity contribution is -0.142. The highest BCUT2D eigenvalue weighted by Gasteiger charge is 2.26. The standard InChI is InChI=1S/C25H29N9O3/c1-3-19-18(14-27-24(29-19)32-10-6-16(7-11-32)23(35)36)17-12-21-30-20(31-25(37)26-4-2)15-33(21)22(13-17)34-9-5-8-28-34/h5,8-9,12-16H,3-4,6-7,10-11H2,1-2H3,(H,35,36)(H2,26,31,37). The number of fused-ring (bicyclic) bond motifs is 1. The number of hydrogen-bond donors (Lipinski definition) is 3. The lowest BCUT2D eigenvalue weighted by Gasteiger charge is -2.30. The number of aliphatic carboxylic acids is 1. The summed E-state index contributed by atoms with van der Waals surface area (Å²) in [5, 5.41) is 19.2. The van der Waals surface area contributed by atoms with Crippen molar-refractivity contribution in [3.05, 3.63) is 48.7 Å². The molecule has 0 unspecified atom stereocenters. The number of carbonyl (C=O) groups excluding carboxylic acids is 1. The van der Waals surface area contributed by atoms with Crippen LogP contribution >= 0.6 is 0 Å². The van der Waals surface area contributed by atoms with Gasteiger partial charge in [0.2, 0.25) is 5.95 Å². The predicted octanol–water partition coefficient (Wildman–Crippen LogP) is 2.98. The maximum atomic E-state index is 12.0. The molecule has 3 N–H and O–H groups in total. The van der Waals surface area contributed by atoms with E-state index >= 15 is 0 Å². The fourth-order valence-corrected chi connectivity index (χ4v) is 4.58. The van der Waals surface area contributed by atoms with E-state index in [4.69, 9.17) is 4.98 Å². The average molecular weight is 504 g/mol. The van der Waals surface area contributed by atoms with Crippen LogP contribution in [0.5, 0.6) is 0 Å². The van der Waals surface area contributed by atoms with Crippen molar-refractivity contribution in [2.75, 3.05) is 29.9 Å². The number of carbonyl (C=O) groups is 2. The molecule has 0 aliphatic carbocycles. The van der Waals surface area contributed by atoms with Gasteiger partial charge >= 0.3 is 12.0 Å². The van der Waals surface area contributed by atoms with Crippen LogP contribution < -0.4 is 15.5 Å². The van der Waals surface area contributed by atoms with Crippen molar-refractivity contribution in [3.8, 4) is 16.9 Å². The molecule has 1 aliphatic heterocycles. The summed E-state index contributed by atoms with van der Waals surface area (Å²) >= 11 is 0. The van der Waals surface area contributed by atoms with E-state index < -0.39 is 5.97 Å². The number of piperidine rings is 1. The number of anilines is 2. The molecule has 2 amide bonds. The van der Waals surface area contributed by atoms with Gasteiger partial charge in [-0.1, -0.05) is 6.92 Å². The number of urea groups is 1. The summed E-state index contributed by atoms with van der Waals surface area (Å²) in [5.41, 5.74) is 3.27. The van der Waals surface area contributed by atoms with Gasteiger partial charge in [-0.05, 0) is 49.9 Å². The molecule has 5 rings (SSSR count). The first-order chi connectivity index (χ1) is 18.0. The quantitative estimate of drug-likeness (QED) is 0.349. The minimum absolute atomic E-state index is 0.310. The maximum absolute atomic E-state index is 12.0. The second-order valence-corrected chi connectivity index (χ2v) is 8.88. The highest BCUT2D eigenvalue weighted by atomic mass is 16.4. The van der Waals surface area contributed by atoms with E-state index in [1.165, 1.54) is 0 Å². The Kier molecular flexibility index (Phi) is 6.71. The highest BCUT2D eigenvalue weighted by molar-refractivity contribution is 5.88. The van der Waals surface area contributed by atoms with E-state index in [0.29, 0.717) is 56.3 Å². The Bertz CT molecular complexity index is 1420. The third-order valence-electron chi connectivity index (χ3n) is 6.50. The molecule has 0 spiro atoms. The fourth-order valence-electron chi connectivity index (χ4n) is 4.58.